The van der Waals surface area contributed by atoms with Crippen LogP contribution < -0.4 is 4.90 Å². The molecule has 0 spiro atoms. The van der Waals surface area contributed by atoms with Crippen LogP contribution in [0.5, 0.6) is 0 Å². The predicted octanol–water partition coefficient (Wildman–Crippen LogP) is 7.87. The molecule has 38 heavy (non-hydrogen) atoms. The molecule has 2 aromatic heterocycles. The van der Waals surface area contributed by atoms with Crippen LogP contribution in [0.3, 0.4) is 0 Å². The molecule has 1 unspecified atom stereocenters. The number of imidazole rings is 1. The van der Waals surface area contributed by atoms with Crippen molar-refractivity contribution in [3.63, 3.8) is 0 Å². The Morgan fingerprint density at radius 2 is 1.58 bits per heavy atom. The van der Waals surface area contributed by atoms with Gasteiger partial charge in [0, 0.05) is 18.0 Å². The standard InChI is InChI=1S/C31H42N6S/c1-10-13-23(30(4,5)6)22-16-14-21(15-17-22)20-37-25(19-33)24(18-32)34-28(37)26-27(31(7,8)9)38-29(35-26)36(11-2)12-3/h14-17,23H,10-13,20H2,1-9H3. The van der Waals surface area contributed by atoms with E-state index in [1.54, 1.807) is 11.3 Å². The van der Waals surface area contributed by atoms with Gasteiger partial charge < -0.3 is 9.47 Å². The molecule has 3 aromatic rings. The maximum absolute atomic E-state index is 10.0. The highest BCUT2D eigenvalue weighted by molar-refractivity contribution is 7.16. The number of aromatic nitrogens is 3. The molecule has 2 heterocycles. The molecule has 0 radical (unpaired) electrons. The van der Waals surface area contributed by atoms with Gasteiger partial charge in [0.05, 0.1) is 6.54 Å². The van der Waals surface area contributed by atoms with Gasteiger partial charge in [0.2, 0.25) is 0 Å². The predicted molar refractivity (Wildman–Crippen MR) is 158 cm³/mol. The summed E-state index contributed by atoms with van der Waals surface area (Å²) in [5, 5.41) is 20.8. The second kappa shape index (κ2) is 11.7. The fourth-order valence-electron chi connectivity index (χ4n) is 5.00. The first-order valence-electron chi connectivity index (χ1n) is 13.7. The highest BCUT2D eigenvalue weighted by Gasteiger charge is 2.30. The van der Waals surface area contributed by atoms with Gasteiger partial charge in [-0.25, -0.2) is 9.97 Å². The molecule has 3 rings (SSSR count). The summed E-state index contributed by atoms with van der Waals surface area (Å²) in [6.07, 6.45) is 2.29. The Morgan fingerprint density at radius 1 is 0.947 bits per heavy atom. The van der Waals surface area contributed by atoms with E-state index >= 15 is 0 Å². The number of anilines is 1. The van der Waals surface area contributed by atoms with Crippen LogP contribution in [-0.2, 0) is 12.0 Å². The van der Waals surface area contributed by atoms with Gasteiger partial charge in [0.25, 0.3) is 0 Å². The molecule has 202 valence electrons. The Hall–Kier alpha value is -3.16. The van der Waals surface area contributed by atoms with Gasteiger partial charge in [-0.05, 0) is 48.1 Å². The summed E-state index contributed by atoms with van der Waals surface area (Å²) in [6, 6.07) is 13.1. The Bertz CT molecular complexity index is 1320. The van der Waals surface area contributed by atoms with Gasteiger partial charge in [-0.3, -0.25) is 0 Å². The molecule has 6 nitrogen and oxygen atoms in total. The summed E-state index contributed by atoms with van der Waals surface area (Å²) >= 11 is 1.67. The second-order valence-electron chi connectivity index (χ2n) is 12.0. The third-order valence-corrected chi connectivity index (χ3v) is 8.61. The largest absolute Gasteiger partial charge is 0.349 e. The highest BCUT2D eigenvalue weighted by atomic mass is 32.1. The van der Waals surface area contributed by atoms with Gasteiger partial charge in [0.15, 0.2) is 22.3 Å². The van der Waals surface area contributed by atoms with E-state index in [1.807, 2.05) is 4.57 Å². The summed E-state index contributed by atoms with van der Waals surface area (Å²) in [7, 11) is 0. The van der Waals surface area contributed by atoms with Crippen molar-refractivity contribution in [2.24, 2.45) is 5.41 Å². The molecule has 1 aromatic carbocycles. The van der Waals surface area contributed by atoms with E-state index in [0.717, 1.165) is 47.2 Å². The van der Waals surface area contributed by atoms with Crippen molar-refractivity contribution in [2.45, 2.75) is 93.0 Å². The maximum atomic E-state index is 10.0. The van der Waals surface area contributed by atoms with Crippen molar-refractivity contribution < 1.29 is 0 Å². The van der Waals surface area contributed by atoms with Crippen LogP contribution in [0.15, 0.2) is 24.3 Å². The minimum absolute atomic E-state index is 0.145. The first-order valence-corrected chi connectivity index (χ1v) is 14.5. The van der Waals surface area contributed by atoms with Crippen molar-refractivity contribution in [1.82, 2.24) is 14.5 Å². The lowest BCUT2D eigenvalue weighted by atomic mass is 9.74. The van der Waals surface area contributed by atoms with Crippen LogP contribution in [0, 0.1) is 28.1 Å². The molecule has 0 bridgehead atoms. The van der Waals surface area contributed by atoms with Gasteiger partial charge in [-0.1, -0.05) is 79.2 Å². The summed E-state index contributed by atoms with van der Waals surface area (Å²) in [5.41, 5.74) is 3.60. The van der Waals surface area contributed by atoms with E-state index in [2.05, 4.69) is 109 Å². The lowest BCUT2D eigenvalue weighted by Crippen LogP contribution is -2.21. The molecule has 0 fully saturated rings. The Morgan fingerprint density at radius 3 is 2.05 bits per heavy atom. The van der Waals surface area contributed by atoms with Gasteiger partial charge in [-0.2, -0.15) is 10.5 Å². The summed E-state index contributed by atoms with van der Waals surface area (Å²) in [6.45, 7) is 22.0. The number of benzene rings is 1. The number of rotatable bonds is 9. The van der Waals surface area contributed by atoms with Crippen LogP contribution in [0.4, 0.5) is 5.13 Å². The van der Waals surface area contributed by atoms with Crippen LogP contribution in [0.1, 0.15) is 108 Å². The lowest BCUT2D eigenvalue weighted by Gasteiger charge is -2.31. The van der Waals surface area contributed by atoms with Crippen molar-refractivity contribution in [1.29, 1.82) is 10.5 Å². The smallest absolute Gasteiger partial charge is 0.186 e. The van der Waals surface area contributed by atoms with Crippen LogP contribution in [-0.4, -0.2) is 27.6 Å². The van der Waals surface area contributed by atoms with Crippen molar-refractivity contribution >= 4 is 16.5 Å². The average Bonchev–Trinajstić information content (AvgIpc) is 3.45. The van der Waals surface area contributed by atoms with Crippen molar-refractivity contribution in [3.05, 3.63) is 51.7 Å². The molecule has 1 atom stereocenters. The Balaban J connectivity index is 2.13. The van der Waals surface area contributed by atoms with E-state index in [1.165, 1.54) is 5.56 Å². The molecule has 0 aliphatic carbocycles. The number of hydrogen-bond acceptors (Lipinski definition) is 6. The Kier molecular flexibility index (Phi) is 9.05. The topological polar surface area (TPSA) is 81.5 Å². The lowest BCUT2D eigenvalue weighted by molar-refractivity contribution is 0.303. The Labute approximate surface area is 233 Å². The van der Waals surface area contributed by atoms with E-state index in [0.29, 0.717) is 18.3 Å². The molecular weight excluding hydrogens is 488 g/mol. The maximum Gasteiger partial charge on any atom is 0.186 e. The fourth-order valence-corrected chi connectivity index (χ4v) is 6.25. The number of nitriles is 2. The summed E-state index contributed by atoms with van der Waals surface area (Å²) < 4.78 is 1.87. The molecule has 7 heteroatoms. The zero-order chi connectivity index (χ0) is 28.3. The summed E-state index contributed by atoms with van der Waals surface area (Å²) in [5.74, 6) is 1.06. The first kappa shape index (κ1) is 29.4. The zero-order valence-electron chi connectivity index (χ0n) is 24.5. The third kappa shape index (κ3) is 6.11. The average molecular weight is 531 g/mol. The van der Waals surface area contributed by atoms with Gasteiger partial charge in [0.1, 0.15) is 17.8 Å². The minimum Gasteiger partial charge on any atom is -0.349 e. The number of nitrogens with zero attached hydrogens (tertiary/aromatic N) is 6. The van der Waals surface area contributed by atoms with Crippen LogP contribution >= 0.6 is 11.3 Å². The normalized spacial score (nSPS) is 12.7. The first-order chi connectivity index (χ1) is 17.9. The highest BCUT2D eigenvalue weighted by Crippen LogP contribution is 2.41. The van der Waals surface area contributed by atoms with E-state index < -0.39 is 0 Å². The molecule has 0 amide bonds. The molecule has 0 aliphatic rings. The summed E-state index contributed by atoms with van der Waals surface area (Å²) in [4.78, 5) is 13.0. The molecule has 0 saturated heterocycles. The van der Waals surface area contributed by atoms with Crippen LogP contribution in [0.25, 0.3) is 11.5 Å². The molecule has 0 saturated carbocycles. The quantitative estimate of drug-likeness (QED) is 0.281. The monoisotopic (exact) mass is 530 g/mol. The van der Waals surface area contributed by atoms with Gasteiger partial charge in [-0.15, -0.1) is 11.3 Å². The van der Waals surface area contributed by atoms with E-state index in [9.17, 15) is 10.5 Å². The SMILES string of the molecule is CCCC(c1ccc(Cn2c(-c3nc(N(CC)CC)sc3C(C)(C)C)nc(C#N)c2C#N)cc1)C(C)(C)C. The van der Waals surface area contributed by atoms with E-state index in [4.69, 9.17) is 4.98 Å². The van der Waals surface area contributed by atoms with Gasteiger partial charge >= 0.3 is 0 Å². The second-order valence-corrected chi connectivity index (χ2v) is 13.0. The van der Waals surface area contributed by atoms with E-state index in [-0.39, 0.29) is 22.2 Å². The molecule has 0 N–H and O–H groups in total. The van der Waals surface area contributed by atoms with Crippen molar-refractivity contribution in [2.75, 3.05) is 18.0 Å². The number of hydrogen-bond donors (Lipinski definition) is 0. The molecule has 0 aliphatic heterocycles. The fraction of sp³-hybridized carbons (Fsp3) is 0.548. The van der Waals surface area contributed by atoms with Crippen molar-refractivity contribution in [3.8, 4) is 23.7 Å². The zero-order valence-corrected chi connectivity index (χ0v) is 25.3. The van der Waals surface area contributed by atoms with Crippen LogP contribution in [0.2, 0.25) is 0 Å². The molecular formula is C31H42N6S. The minimum atomic E-state index is -0.169. The third-order valence-electron chi connectivity index (χ3n) is 7.07. The number of thiazole rings is 1.